The van der Waals surface area contributed by atoms with Gasteiger partial charge >= 0.3 is 0 Å². The molecule has 0 saturated heterocycles. The van der Waals surface area contributed by atoms with E-state index in [0.29, 0.717) is 12.1 Å². The smallest absolute Gasteiger partial charge is 0.235 e. The van der Waals surface area contributed by atoms with Crippen molar-refractivity contribution < 1.29 is 13.2 Å². The summed E-state index contributed by atoms with van der Waals surface area (Å²) in [4.78, 5) is 0. The first kappa shape index (κ1) is 16.5. The lowest BCUT2D eigenvalue weighted by molar-refractivity contribution is 0.136. The Morgan fingerprint density at radius 1 is 1.32 bits per heavy atom. The van der Waals surface area contributed by atoms with Crippen molar-refractivity contribution in [2.45, 2.75) is 26.4 Å². The molecule has 7 heteroatoms. The molecule has 120 valence electrons. The van der Waals surface area contributed by atoms with Gasteiger partial charge in [0.05, 0.1) is 35.1 Å². The van der Waals surface area contributed by atoms with Crippen LogP contribution >= 0.6 is 0 Å². The van der Waals surface area contributed by atoms with Crippen molar-refractivity contribution >= 4 is 15.7 Å². The molecule has 6 nitrogen and oxygen atoms in total. The highest BCUT2D eigenvalue weighted by Gasteiger charge is 2.19. The van der Waals surface area contributed by atoms with E-state index in [4.69, 9.17) is 4.74 Å². The van der Waals surface area contributed by atoms with Crippen molar-refractivity contribution in [1.29, 1.82) is 0 Å². The zero-order valence-electron chi connectivity index (χ0n) is 13.0. The third-order valence-electron chi connectivity index (χ3n) is 3.33. The summed E-state index contributed by atoms with van der Waals surface area (Å²) >= 11 is 0. The second kappa shape index (κ2) is 6.93. The highest BCUT2D eigenvalue weighted by Crippen LogP contribution is 2.21. The number of benzene rings is 1. The van der Waals surface area contributed by atoms with Crippen LogP contribution < -0.4 is 4.72 Å². The Balaban J connectivity index is 2.28. The first-order valence-corrected chi connectivity index (χ1v) is 8.77. The van der Waals surface area contributed by atoms with E-state index in [-0.39, 0.29) is 11.9 Å². The SMILES string of the molecule is CCc1c(NS(=O)(=O)CC(C)OC)cnn1-c1ccccc1. The molecule has 0 fully saturated rings. The van der Waals surface area contributed by atoms with Gasteiger partial charge in [-0.3, -0.25) is 4.72 Å². The van der Waals surface area contributed by atoms with Crippen molar-refractivity contribution in [3.05, 3.63) is 42.2 Å². The summed E-state index contributed by atoms with van der Waals surface area (Å²) in [5.41, 5.74) is 2.23. The van der Waals surface area contributed by atoms with Gasteiger partial charge in [-0.2, -0.15) is 5.10 Å². The van der Waals surface area contributed by atoms with Crippen molar-refractivity contribution in [1.82, 2.24) is 9.78 Å². The number of methoxy groups -OCH3 is 1. The summed E-state index contributed by atoms with van der Waals surface area (Å²) in [6.07, 6.45) is 1.83. The van der Waals surface area contributed by atoms with Crippen LogP contribution in [0.4, 0.5) is 5.69 Å². The molecule has 1 aromatic heterocycles. The molecule has 1 N–H and O–H groups in total. The van der Waals surface area contributed by atoms with Crippen LogP contribution in [0, 0.1) is 0 Å². The predicted molar refractivity (Wildman–Crippen MR) is 86.8 cm³/mol. The van der Waals surface area contributed by atoms with Gasteiger partial charge < -0.3 is 4.74 Å². The molecule has 0 saturated carbocycles. The normalized spacial score (nSPS) is 13.0. The van der Waals surface area contributed by atoms with Gasteiger partial charge in [0.1, 0.15) is 0 Å². The number of rotatable bonds is 7. The first-order valence-electron chi connectivity index (χ1n) is 7.12. The molecule has 22 heavy (non-hydrogen) atoms. The molecule has 0 aliphatic rings. The fourth-order valence-corrected chi connectivity index (χ4v) is 3.52. The Morgan fingerprint density at radius 3 is 2.59 bits per heavy atom. The summed E-state index contributed by atoms with van der Waals surface area (Å²) in [6, 6.07) is 9.62. The van der Waals surface area contributed by atoms with E-state index in [1.165, 1.54) is 7.11 Å². The summed E-state index contributed by atoms with van der Waals surface area (Å²) < 4.78 is 33.7. The number of sulfonamides is 1. The lowest BCUT2D eigenvalue weighted by Crippen LogP contribution is -2.25. The van der Waals surface area contributed by atoms with E-state index >= 15 is 0 Å². The van der Waals surface area contributed by atoms with Crippen molar-refractivity contribution in [3.8, 4) is 5.69 Å². The number of ether oxygens (including phenoxy) is 1. The largest absolute Gasteiger partial charge is 0.381 e. The number of anilines is 1. The zero-order chi connectivity index (χ0) is 16.2. The van der Waals surface area contributed by atoms with Crippen molar-refractivity contribution in [2.24, 2.45) is 0 Å². The average molecular weight is 323 g/mol. The molecule has 0 spiro atoms. The quantitative estimate of drug-likeness (QED) is 0.848. The molecule has 1 aromatic carbocycles. The number of hydrogen-bond donors (Lipinski definition) is 1. The van der Waals surface area contributed by atoms with E-state index in [1.54, 1.807) is 17.8 Å². The van der Waals surface area contributed by atoms with Crippen LogP contribution in [0.2, 0.25) is 0 Å². The highest BCUT2D eigenvalue weighted by atomic mass is 32.2. The monoisotopic (exact) mass is 323 g/mol. The second-order valence-electron chi connectivity index (χ2n) is 5.04. The van der Waals surface area contributed by atoms with E-state index in [9.17, 15) is 8.42 Å². The number of hydrogen-bond acceptors (Lipinski definition) is 4. The molecule has 2 rings (SSSR count). The van der Waals surface area contributed by atoms with Crippen LogP contribution in [0.3, 0.4) is 0 Å². The van der Waals surface area contributed by atoms with Crippen LogP contribution in [0.5, 0.6) is 0 Å². The Morgan fingerprint density at radius 2 is 2.00 bits per heavy atom. The molecular formula is C15H21N3O3S. The van der Waals surface area contributed by atoms with Crippen LogP contribution in [0.1, 0.15) is 19.5 Å². The molecule has 1 unspecified atom stereocenters. The Hall–Kier alpha value is -1.86. The molecule has 0 radical (unpaired) electrons. The fourth-order valence-electron chi connectivity index (χ4n) is 2.18. The average Bonchev–Trinajstić information content (AvgIpc) is 2.89. The van der Waals surface area contributed by atoms with Gasteiger partial charge in [-0.1, -0.05) is 25.1 Å². The minimum atomic E-state index is -3.48. The van der Waals surface area contributed by atoms with Crippen LogP contribution in [-0.2, 0) is 21.2 Å². The standard InChI is InChI=1S/C15H21N3O3S/c1-4-15-14(17-22(19,20)11-12(2)21-3)10-16-18(15)13-8-6-5-7-9-13/h5-10,12,17H,4,11H2,1-3H3. The minimum absolute atomic E-state index is 0.0941. The molecule has 0 amide bonds. The van der Waals surface area contributed by atoms with Gasteiger partial charge in [0, 0.05) is 7.11 Å². The summed E-state index contributed by atoms with van der Waals surface area (Å²) in [5.74, 6) is -0.0941. The Kier molecular flexibility index (Phi) is 5.20. The number of aromatic nitrogens is 2. The van der Waals surface area contributed by atoms with Crippen LogP contribution in [-0.4, -0.2) is 37.2 Å². The maximum atomic E-state index is 12.2. The lowest BCUT2D eigenvalue weighted by atomic mass is 10.2. The van der Waals surface area contributed by atoms with Crippen LogP contribution in [0.25, 0.3) is 5.69 Å². The number of nitrogens with one attached hydrogen (secondary N) is 1. The zero-order valence-corrected chi connectivity index (χ0v) is 13.8. The molecule has 2 aromatic rings. The maximum Gasteiger partial charge on any atom is 0.235 e. The van der Waals surface area contributed by atoms with Crippen molar-refractivity contribution in [2.75, 3.05) is 17.6 Å². The summed E-state index contributed by atoms with van der Waals surface area (Å²) in [6.45, 7) is 3.68. The van der Waals surface area contributed by atoms with E-state index in [0.717, 1.165) is 11.4 Å². The van der Waals surface area contributed by atoms with E-state index in [1.807, 2.05) is 37.3 Å². The molecule has 0 aliphatic heterocycles. The van der Waals surface area contributed by atoms with Gasteiger partial charge in [-0.25, -0.2) is 13.1 Å². The van der Waals surface area contributed by atoms with Gasteiger partial charge in [0.25, 0.3) is 0 Å². The minimum Gasteiger partial charge on any atom is -0.381 e. The maximum absolute atomic E-state index is 12.2. The Bertz CT molecular complexity index is 711. The van der Waals surface area contributed by atoms with Gasteiger partial charge in [0.2, 0.25) is 10.0 Å². The van der Waals surface area contributed by atoms with Crippen molar-refractivity contribution in [3.63, 3.8) is 0 Å². The molecular weight excluding hydrogens is 302 g/mol. The Labute approximate surface area is 131 Å². The fraction of sp³-hybridized carbons (Fsp3) is 0.400. The molecule has 1 atom stereocenters. The third-order valence-corrected chi connectivity index (χ3v) is 4.77. The highest BCUT2D eigenvalue weighted by molar-refractivity contribution is 7.92. The summed E-state index contributed by atoms with van der Waals surface area (Å²) in [5, 5.41) is 4.30. The number of nitrogens with zero attached hydrogens (tertiary/aromatic N) is 2. The number of para-hydroxylation sites is 1. The molecule has 0 aliphatic carbocycles. The van der Waals surface area contributed by atoms with Crippen LogP contribution in [0.15, 0.2) is 36.5 Å². The second-order valence-corrected chi connectivity index (χ2v) is 6.80. The predicted octanol–water partition coefficient (Wildman–Crippen LogP) is 2.21. The summed E-state index contributed by atoms with van der Waals surface area (Å²) in [7, 11) is -1.98. The topological polar surface area (TPSA) is 73.2 Å². The van der Waals surface area contributed by atoms with Gasteiger partial charge in [-0.15, -0.1) is 0 Å². The molecule has 1 heterocycles. The lowest BCUT2D eigenvalue weighted by Gasteiger charge is -2.13. The van der Waals surface area contributed by atoms with Gasteiger partial charge in [0.15, 0.2) is 0 Å². The third kappa shape index (κ3) is 3.86. The van der Waals surface area contributed by atoms with E-state index < -0.39 is 10.0 Å². The van der Waals surface area contributed by atoms with E-state index in [2.05, 4.69) is 9.82 Å². The molecule has 0 bridgehead atoms. The van der Waals surface area contributed by atoms with Gasteiger partial charge in [-0.05, 0) is 25.5 Å². The first-order chi connectivity index (χ1) is 10.5.